The fraction of sp³-hybridized carbons (Fsp3) is 0.611. The van der Waals surface area contributed by atoms with Gasteiger partial charge in [0.05, 0.1) is 37.8 Å². The predicted molar refractivity (Wildman–Crippen MR) is 111 cm³/mol. The Hall–Kier alpha value is -2.40. The second kappa shape index (κ2) is 12.2. The number of hydrogen-bond acceptors (Lipinski definition) is 9. The molecule has 2 aromatic rings. The van der Waals surface area contributed by atoms with Gasteiger partial charge < -0.3 is 20.1 Å². The highest BCUT2D eigenvalue weighted by Crippen LogP contribution is 2.23. The van der Waals surface area contributed by atoms with E-state index in [1.807, 2.05) is 13.2 Å². The third-order valence-electron chi connectivity index (χ3n) is 3.91. The van der Waals surface area contributed by atoms with E-state index in [1.54, 1.807) is 17.8 Å². The summed E-state index contributed by atoms with van der Waals surface area (Å²) in [6.45, 7) is 6.72. The largest absolute Gasteiger partial charge is 0.466 e. The van der Waals surface area contributed by atoms with Crippen LogP contribution in [-0.4, -0.2) is 70.8 Å². The molecule has 0 bridgehead atoms. The first-order chi connectivity index (χ1) is 14.1. The molecule has 0 aliphatic heterocycles. The van der Waals surface area contributed by atoms with Gasteiger partial charge in [-0.1, -0.05) is 11.8 Å². The molecule has 0 aliphatic carbocycles. The Morgan fingerprint density at radius 1 is 1.17 bits per heavy atom. The molecule has 0 aromatic carbocycles. The number of anilines is 1. The van der Waals surface area contributed by atoms with E-state index in [9.17, 15) is 9.59 Å². The number of carbonyl (C=O) groups is 2. The van der Waals surface area contributed by atoms with Crippen LogP contribution in [0.2, 0.25) is 0 Å². The number of ether oxygens (including phenoxy) is 2. The van der Waals surface area contributed by atoms with Crippen LogP contribution in [0, 0.1) is 0 Å². The minimum absolute atomic E-state index is 0.0749. The summed E-state index contributed by atoms with van der Waals surface area (Å²) in [4.78, 5) is 32.2. The lowest BCUT2D eigenvalue weighted by molar-refractivity contribution is -0.144. The van der Waals surface area contributed by atoms with Gasteiger partial charge in [0.25, 0.3) is 0 Å². The summed E-state index contributed by atoms with van der Waals surface area (Å²) < 4.78 is 11.9. The van der Waals surface area contributed by atoms with Crippen LogP contribution in [0.3, 0.4) is 0 Å². The summed E-state index contributed by atoms with van der Waals surface area (Å²) in [7, 11) is 0. The Labute approximate surface area is 174 Å². The van der Waals surface area contributed by atoms with E-state index in [2.05, 4.69) is 25.7 Å². The SMILES string of the molecule is CCOCCNc1nc(SC)nc2c1cnn2CCNC(=O)CCC(=O)OCC. The van der Waals surface area contributed by atoms with Crippen LogP contribution in [0.15, 0.2) is 11.4 Å². The monoisotopic (exact) mass is 424 g/mol. The van der Waals surface area contributed by atoms with E-state index in [0.29, 0.717) is 56.1 Å². The summed E-state index contributed by atoms with van der Waals surface area (Å²) in [5.41, 5.74) is 0.698. The van der Waals surface area contributed by atoms with Crippen LogP contribution in [0.1, 0.15) is 26.7 Å². The van der Waals surface area contributed by atoms with Gasteiger partial charge in [0.15, 0.2) is 10.8 Å². The lowest BCUT2D eigenvalue weighted by atomic mass is 10.3. The second-order valence-corrected chi connectivity index (χ2v) is 6.72. The number of nitrogens with zero attached hydrogens (tertiary/aromatic N) is 4. The van der Waals surface area contributed by atoms with Gasteiger partial charge in [-0.3, -0.25) is 9.59 Å². The maximum atomic E-state index is 11.9. The van der Waals surface area contributed by atoms with E-state index >= 15 is 0 Å². The van der Waals surface area contributed by atoms with Gasteiger partial charge in [0, 0.05) is 26.1 Å². The quantitative estimate of drug-likeness (QED) is 0.213. The molecule has 160 valence electrons. The van der Waals surface area contributed by atoms with Crippen molar-refractivity contribution < 1.29 is 19.1 Å². The number of fused-ring (bicyclic) bond motifs is 1. The van der Waals surface area contributed by atoms with Crippen LogP contribution in [0.4, 0.5) is 5.82 Å². The third-order valence-corrected chi connectivity index (χ3v) is 4.46. The molecule has 0 fully saturated rings. The van der Waals surface area contributed by atoms with Gasteiger partial charge in [0.2, 0.25) is 5.91 Å². The fourth-order valence-corrected chi connectivity index (χ4v) is 2.91. The van der Waals surface area contributed by atoms with E-state index < -0.39 is 0 Å². The molecule has 1 amide bonds. The van der Waals surface area contributed by atoms with Crippen LogP contribution in [0.5, 0.6) is 0 Å². The zero-order valence-corrected chi connectivity index (χ0v) is 17.9. The molecule has 0 saturated carbocycles. The Morgan fingerprint density at radius 3 is 2.72 bits per heavy atom. The molecular formula is C18H28N6O4S. The number of rotatable bonds is 13. The van der Waals surface area contributed by atoms with Crippen LogP contribution < -0.4 is 10.6 Å². The second-order valence-electron chi connectivity index (χ2n) is 5.94. The molecule has 2 heterocycles. The van der Waals surface area contributed by atoms with Crippen LogP contribution in [-0.2, 0) is 25.6 Å². The predicted octanol–water partition coefficient (Wildman–Crippen LogP) is 1.46. The molecule has 29 heavy (non-hydrogen) atoms. The van der Waals surface area contributed by atoms with Crippen molar-refractivity contribution in [2.24, 2.45) is 0 Å². The first-order valence-corrected chi connectivity index (χ1v) is 10.8. The summed E-state index contributed by atoms with van der Waals surface area (Å²) in [5.74, 6) is 0.141. The first kappa shape index (κ1) is 22.9. The van der Waals surface area contributed by atoms with Gasteiger partial charge in [-0.05, 0) is 20.1 Å². The van der Waals surface area contributed by atoms with Gasteiger partial charge in [-0.2, -0.15) is 5.10 Å². The zero-order valence-electron chi connectivity index (χ0n) is 17.1. The minimum Gasteiger partial charge on any atom is -0.466 e. The lowest BCUT2D eigenvalue weighted by Crippen LogP contribution is -2.28. The molecule has 2 rings (SSSR count). The number of nitrogens with one attached hydrogen (secondary N) is 2. The number of aromatic nitrogens is 4. The number of amides is 1. The molecule has 0 unspecified atom stereocenters. The summed E-state index contributed by atoms with van der Waals surface area (Å²) in [6.07, 6.45) is 3.80. The Balaban J connectivity index is 1.95. The molecule has 0 spiro atoms. The Bertz CT molecular complexity index is 813. The van der Waals surface area contributed by atoms with E-state index in [-0.39, 0.29) is 24.7 Å². The summed E-state index contributed by atoms with van der Waals surface area (Å²) >= 11 is 1.45. The maximum Gasteiger partial charge on any atom is 0.306 e. The van der Waals surface area contributed by atoms with Crippen molar-refractivity contribution in [2.75, 3.05) is 44.5 Å². The van der Waals surface area contributed by atoms with Gasteiger partial charge in [-0.15, -0.1) is 0 Å². The Kier molecular flexibility index (Phi) is 9.65. The average molecular weight is 425 g/mol. The molecule has 10 nitrogen and oxygen atoms in total. The molecule has 0 radical (unpaired) electrons. The maximum absolute atomic E-state index is 11.9. The molecule has 0 atom stereocenters. The van der Waals surface area contributed by atoms with Crippen molar-refractivity contribution >= 4 is 40.5 Å². The van der Waals surface area contributed by atoms with E-state index in [0.717, 1.165) is 5.39 Å². The molecule has 0 aliphatic rings. The van der Waals surface area contributed by atoms with E-state index in [1.165, 1.54) is 11.8 Å². The highest BCUT2D eigenvalue weighted by atomic mass is 32.2. The van der Waals surface area contributed by atoms with Gasteiger partial charge in [0.1, 0.15) is 5.82 Å². The van der Waals surface area contributed by atoms with Crippen molar-refractivity contribution in [2.45, 2.75) is 38.4 Å². The van der Waals surface area contributed by atoms with Crippen LogP contribution in [0.25, 0.3) is 11.0 Å². The average Bonchev–Trinajstić information content (AvgIpc) is 3.13. The summed E-state index contributed by atoms with van der Waals surface area (Å²) in [6, 6.07) is 0. The van der Waals surface area contributed by atoms with Gasteiger partial charge in [-0.25, -0.2) is 14.6 Å². The van der Waals surface area contributed by atoms with Crippen molar-refractivity contribution in [1.29, 1.82) is 0 Å². The normalized spacial score (nSPS) is 10.9. The fourth-order valence-electron chi connectivity index (χ4n) is 2.55. The highest BCUT2D eigenvalue weighted by Gasteiger charge is 2.13. The topological polar surface area (TPSA) is 120 Å². The lowest BCUT2D eigenvalue weighted by Gasteiger charge is -2.09. The standard InChI is InChI=1S/C18H28N6O4S/c1-4-27-11-9-20-16-13-12-21-24(17(13)23-18(22-16)29-3)10-8-19-14(25)6-7-15(26)28-5-2/h12H,4-11H2,1-3H3,(H,19,25)(H,20,22,23). The number of hydrogen-bond donors (Lipinski definition) is 2. The highest BCUT2D eigenvalue weighted by molar-refractivity contribution is 7.98. The third kappa shape index (κ3) is 7.17. The summed E-state index contributed by atoms with van der Waals surface area (Å²) in [5, 5.41) is 11.9. The molecule has 0 saturated heterocycles. The van der Waals surface area contributed by atoms with Crippen molar-refractivity contribution in [3.8, 4) is 0 Å². The molecule has 2 aromatic heterocycles. The number of thioether (sulfide) groups is 1. The Morgan fingerprint density at radius 2 is 2.00 bits per heavy atom. The van der Waals surface area contributed by atoms with E-state index in [4.69, 9.17) is 9.47 Å². The smallest absolute Gasteiger partial charge is 0.306 e. The minimum atomic E-state index is -0.369. The number of carbonyl (C=O) groups excluding carboxylic acids is 2. The van der Waals surface area contributed by atoms with Crippen LogP contribution >= 0.6 is 11.8 Å². The van der Waals surface area contributed by atoms with Crippen molar-refractivity contribution in [3.05, 3.63) is 6.20 Å². The zero-order chi connectivity index (χ0) is 21.1. The number of esters is 1. The molecular weight excluding hydrogens is 396 g/mol. The molecule has 11 heteroatoms. The van der Waals surface area contributed by atoms with Crippen molar-refractivity contribution in [1.82, 2.24) is 25.1 Å². The molecule has 2 N–H and O–H groups in total. The van der Waals surface area contributed by atoms with Gasteiger partial charge >= 0.3 is 5.97 Å². The van der Waals surface area contributed by atoms with Crippen molar-refractivity contribution in [3.63, 3.8) is 0 Å². The first-order valence-electron chi connectivity index (χ1n) is 9.60.